The van der Waals surface area contributed by atoms with E-state index >= 15 is 0 Å². The Hall–Kier alpha value is -1.10. The largest absolute Gasteiger partial charge is 0.369 e. The minimum Gasteiger partial charge on any atom is -0.369 e. The van der Waals surface area contributed by atoms with Crippen LogP contribution in [0.2, 0.25) is 0 Å². The van der Waals surface area contributed by atoms with Crippen molar-refractivity contribution in [3.05, 3.63) is 0 Å². The molecule has 0 aromatic carbocycles. The first-order valence-electron chi connectivity index (χ1n) is 8.28. The summed E-state index contributed by atoms with van der Waals surface area (Å²) in [6.07, 6.45) is 6.36. The van der Waals surface area contributed by atoms with Crippen molar-refractivity contribution in [1.82, 2.24) is 4.90 Å². The fourth-order valence-electron chi connectivity index (χ4n) is 3.23. The number of nitrogens with zero attached hydrogens (tertiary/aromatic N) is 1. The third-order valence-electron chi connectivity index (χ3n) is 4.64. The van der Waals surface area contributed by atoms with Crippen LogP contribution >= 0.6 is 0 Å². The van der Waals surface area contributed by atoms with Gasteiger partial charge in [-0.1, -0.05) is 19.8 Å². The molecule has 0 aromatic rings. The van der Waals surface area contributed by atoms with Gasteiger partial charge in [0.1, 0.15) is 0 Å². The van der Waals surface area contributed by atoms with Gasteiger partial charge in [-0.2, -0.15) is 0 Å². The van der Waals surface area contributed by atoms with Crippen LogP contribution in [-0.2, 0) is 9.59 Å². The highest BCUT2D eigenvalue weighted by molar-refractivity contribution is 5.80. The van der Waals surface area contributed by atoms with Crippen molar-refractivity contribution in [1.29, 1.82) is 0 Å². The second-order valence-electron chi connectivity index (χ2n) is 6.34. The van der Waals surface area contributed by atoms with Crippen molar-refractivity contribution < 1.29 is 9.59 Å². The minimum absolute atomic E-state index is 0.159. The van der Waals surface area contributed by atoms with E-state index in [4.69, 9.17) is 11.5 Å². The summed E-state index contributed by atoms with van der Waals surface area (Å²) in [6.45, 7) is 5.39. The zero-order valence-corrected chi connectivity index (χ0v) is 13.5. The highest BCUT2D eigenvalue weighted by Gasteiger charge is 2.31. The monoisotopic (exact) mass is 297 g/mol. The van der Waals surface area contributed by atoms with Gasteiger partial charge in [-0.3, -0.25) is 9.59 Å². The molecule has 1 aliphatic heterocycles. The zero-order chi connectivity index (χ0) is 15.8. The van der Waals surface area contributed by atoms with Crippen molar-refractivity contribution in [2.75, 3.05) is 13.1 Å². The predicted octanol–water partition coefficient (Wildman–Crippen LogP) is 1.64. The Morgan fingerprint density at radius 2 is 1.95 bits per heavy atom. The summed E-state index contributed by atoms with van der Waals surface area (Å²) >= 11 is 0. The lowest BCUT2D eigenvalue weighted by molar-refractivity contribution is -0.137. The molecule has 1 heterocycles. The average Bonchev–Trinajstić information content (AvgIpc) is 2.45. The number of carbonyl (C=O) groups excluding carboxylic acids is 2. The van der Waals surface area contributed by atoms with Gasteiger partial charge >= 0.3 is 0 Å². The lowest BCUT2D eigenvalue weighted by Crippen LogP contribution is -2.48. The summed E-state index contributed by atoms with van der Waals surface area (Å²) in [5, 5.41) is 0. The number of likely N-dealkylation sites (tertiary alicyclic amines) is 1. The second kappa shape index (κ2) is 9.03. The van der Waals surface area contributed by atoms with Crippen LogP contribution in [0.25, 0.3) is 0 Å². The van der Waals surface area contributed by atoms with Gasteiger partial charge in [-0.15, -0.1) is 0 Å². The summed E-state index contributed by atoms with van der Waals surface area (Å²) in [6, 6.07) is 0.215. The number of rotatable bonds is 8. The van der Waals surface area contributed by atoms with Crippen LogP contribution in [0.1, 0.15) is 58.8 Å². The summed E-state index contributed by atoms with van der Waals surface area (Å²) in [7, 11) is 0. The summed E-state index contributed by atoms with van der Waals surface area (Å²) in [5.74, 6) is 0.231. The molecule has 3 atom stereocenters. The lowest BCUT2D eigenvalue weighted by Gasteiger charge is -2.37. The summed E-state index contributed by atoms with van der Waals surface area (Å²) in [5.41, 5.74) is 11.0. The van der Waals surface area contributed by atoms with Crippen LogP contribution < -0.4 is 11.5 Å². The van der Waals surface area contributed by atoms with Crippen molar-refractivity contribution >= 4 is 11.8 Å². The first-order chi connectivity index (χ1) is 9.99. The molecule has 0 aliphatic carbocycles. The Bertz CT molecular complexity index is 340. The van der Waals surface area contributed by atoms with Crippen LogP contribution in [-0.4, -0.2) is 35.8 Å². The zero-order valence-electron chi connectivity index (χ0n) is 13.5. The topological polar surface area (TPSA) is 89.4 Å². The SMILES string of the molecule is CCCC(CCN)CCC(=O)N1CC(C(N)=O)CCC1C. The van der Waals surface area contributed by atoms with E-state index in [1.54, 1.807) is 0 Å². The number of amides is 2. The van der Waals surface area contributed by atoms with Crippen LogP contribution in [0.3, 0.4) is 0 Å². The molecule has 0 radical (unpaired) electrons. The molecular formula is C16H31N3O2. The van der Waals surface area contributed by atoms with E-state index < -0.39 is 0 Å². The maximum absolute atomic E-state index is 12.4. The average molecular weight is 297 g/mol. The molecule has 0 bridgehead atoms. The fourth-order valence-corrected chi connectivity index (χ4v) is 3.23. The third kappa shape index (κ3) is 5.65. The molecule has 0 spiro atoms. The molecule has 1 rings (SSSR count). The van der Waals surface area contributed by atoms with E-state index in [1.165, 1.54) is 0 Å². The molecule has 5 nitrogen and oxygen atoms in total. The van der Waals surface area contributed by atoms with E-state index in [0.29, 0.717) is 25.4 Å². The molecule has 1 aliphatic rings. The molecule has 1 fully saturated rings. The number of hydrogen-bond donors (Lipinski definition) is 2. The van der Waals surface area contributed by atoms with Gasteiger partial charge in [0.2, 0.25) is 11.8 Å². The molecule has 4 N–H and O–H groups in total. The van der Waals surface area contributed by atoms with Crippen molar-refractivity contribution in [3.63, 3.8) is 0 Å². The molecule has 1 saturated heterocycles. The number of piperidine rings is 1. The van der Waals surface area contributed by atoms with Gasteiger partial charge in [0.25, 0.3) is 0 Å². The Labute approximate surface area is 128 Å². The number of primary amides is 1. The quantitative estimate of drug-likeness (QED) is 0.713. The maximum atomic E-state index is 12.4. The molecule has 0 saturated carbocycles. The van der Waals surface area contributed by atoms with Gasteiger partial charge in [0.05, 0.1) is 5.92 Å². The molecule has 5 heteroatoms. The van der Waals surface area contributed by atoms with E-state index in [1.807, 2.05) is 4.90 Å². The minimum atomic E-state index is -0.285. The van der Waals surface area contributed by atoms with Crippen LogP contribution in [0.15, 0.2) is 0 Å². The molecule has 122 valence electrons. The third-order valence-corrected chi connectivity index (χ3v) is 4.64. The molecule has 2 amide bonds. The molecule has 21 heavy (non-hydrogen) atoms. The Kier molecular flexibility index (Phi) is 7.72. The van der Waals surface area contributed by atoms with E-state index in [0.717, 1.165) is 38.5 Å². The van der Waals surface area contributed by atoms with Crippen molar-refractivity contribution in [2.24, 2.45) is 23.3 Å². The smallest absolute Gasteiger partial charge is 0.222 e. The summed E-state index contributed by atoms with van der Waals surface area (Å²) in [4.78, 5) is 25.6. The van der Waals surface area contributed by atoms with Gasteiger partial charge in [-0.05, 0) is 45.1 Å². The van der Waals surface area contributed by atoms with Gasteiger partial charge in [0, 0.05) is 19.0 Å². The van der Waals surface area contributed by atoms with E-state index in [9.17, 15) is 9.59 Å². The van der Waals surface area contributed by atoms with Crippen molar-refractivity contribution in [2.45, 2.75) is 64.8 Å². The van der Waals surface area contributed by atoms with E-state index in [-0.39, 0.29) is 23.8 Å². The molecule has 3 unspecified atom stereocenters. The second-order valence-corrected chi connectivity index (χ2v) is 6.34. The maximum Gasteiger partial charge on any atom is 0.222 e. The lowest BCUT2D eigenvalue weighted by atomic mass is 9.91. The van der Waals surface area contributed by atoms with Gasteiger partial charge < -0.3 is 16.4 Å². The standard InChI is InChI=1S/C16H31N3O2/c1-3-4-13(9-10-17)6-8-15(20)19-11-14(16(18)21)7-5-12(19)2/h12-14H,3-11,17H2,1-2H3,(H2,18,21). The highest BCUT2D eigenvalue weighted by atomic mass is 16.2. The molecular weight excluding hydrogens is 266 g/mol. The Balaban J connectivity index is 2.50. The first-order valence-corrected chi connectivity index (χ1v) is 8.28. The normalized spacial score (nSPS) is 23.9. The number of nitrogens with two attached hydrogens (primary N) is 2. The van der Waals surface area contributed by atoms with Gasteiger partial charge in [0.15, 0.2) is 0 Å². The number of carbonyl (C=O) groups is 2. The van der Waals surface area contributed by atoms with Crippen LogP contribution in [0.4, 0.5) is 0 Å². The highest BCUT2D eigenvalue weighted by Crippen LogP contribution is 2.24. The van der Waals surface area contributed by atoms with Crippen molar-refractivity contribution in [3.8, 4) is 0 Å². The first kappa shape index (κ1) is 18.0. The Morgan fingerprint density at radius 3 is 2.52 bits per heavy atom. The van der Waals surface area contributed by atoms with E-state index in [2.05, 4.69) is 13.8 Å². The van der Waals surface area contributed by atoms with Gasteiger partial charge in [-0.25, -0.2) is 0 Å². The number of hydrogen-bond acceptors (Lipinski definition) is 3. The van der Waals surface area contributed by atoms with Crippen LogP contribution in [0.5, 0.6) is 0 Å². The fraction of sp³-hybridized carbons (Fsp3) is 0.875. The molecule has 0 aromatic heterocycles. The predicted molar refractivity (Wildman–Crippen MR) is 84.4 cm³/mol. The van der Waals surface area contributed by atoms with Crippen LogP contribution in [0, 0.1) is 11.8 Å². The Morgan fingerprint density at radius 1 is 1.24 bits per heavy atom. The summed E-state index contributed by atoms with van der Waals surface area (Å²) < 4.78 is 0.